The molecule has 0 unspecified atom stereocenters. The predicted molar refractivity (Wildman–Crippen MR) is 117 cm³/mol. The first-order valence-electron chi connectivity index (χ1n) is 8.80. The van der Waals surface area contributed by atoms with Crippen LogP contribution in [0, 0.1) is 0 Å². The Hall–Kier alpha value is -2.81. The molecule has 0 bridgehead atoms. The van der Waals surface area contributed by atoms with Gasteiger partial charge in [-0.25, -0.2) is 4.98 Å². The zero-order valence-corrected chi connectivity index (χ0v) is 17.1. The number of hydrogen-bond acceptors (Lipinski definition) is 5. The van der Waals surface area contributed by atoms with Crippen molar-refractivity contribution in [2.24, 2.45) is 0 Å². The first-order chi connectivity index (χ1) is 13.7. The van der Waals surface area contributed by atoms with Gasteiger partial charge in [0.1, 0.15) is 18.2 Å². The van der Waals surface area contributed by atoms with Crippen LogP contribution < -0.4 is 15.0 Å². The van der Waals surface area contributed by atoms with Crippen molar-refractivity contribution in [3.63, 3.8) is 0 Å². The quantitative estimate of drug-likeness (QED) is 0.322. The Balaban J connectivity index is 1.64. The van der Waals surface area contributed by atoms with E-state index in [9.17, 15) is 9.90 Å². The number of halogens is 1. The van der Waals surface area contributed by atoms with E-state index in [-0.39, 0.29) is 11.7 Å². The highest BCUT2D eigenvalue weighted by Crippen LogP contribution is 2.38. The number of phenols is 1. The van der Waals surface area contributed by atoms with E-state index < -0.39 is 0 Å². The van der Waals surface area contributed by atoms with Gasteiger partial charge in [-0.1, -0.05) is 34.7 Å². The molecule has 142 valence electrons. The van der Waals surface area contributed by atoms with E-state index in [0.717, 1.165) is 15.9 Å². The Labute approximate surface area is 176 Å². The number of alkyl halides is 1. The lowest BCUT2D eigenvalue weighted by Crippen LogP contribution is -2.30. The van der Waals surface area contributed by atoms with Crippen LogP contribution >= 0.6 is 22.6 Å². The van der Waals surface area contributed by atoms with Crippen molar-refractivity contribution in [3.8, 4) is 11.5 Å². The zero-order chi connectivity index (χ0) is 19.5. The number of fused-ring (bicyclic) bond motifs is 1. The lowest BCUT2D eigenvalue weighted by atomic mass is 10.1. The molecule has 28 heavy (non-hydrogen) atoms. The molecule has 4 rings (SSSR count). The van der Waals surface area contributed by atoms with E-state index in [1.54, 1.807) is 18.2 Å². The number of aromatic nitrogens is 1. The van der Waals surface area contributed by atoms with E-state index in [0.29, 0.717) is 30.2 Å². The highest BCUT2D eigenvalue weighted by molar-refractivity contribution is 14.1. The van der Waals surface area contributed by atoms with Gasteiger partial charge in [0.2, 0.25) is 0 Å². The second-order valence-corrected chi connectivity index (χ2v) is 7.08. The second-order valence-electron chi connectivity index (χ2n) is 6.31. The van der Waals surface area contributed by atoms with Crippen LogP contribution in [-0.2, 0) is 4.43 Å². The molecule has 0 spiro atoms. The third-order valence-corrected chi connectivity index (χ3v) is 5.34. The van der Waals surface area contributed by atoms with Crippen molar-refractivity contribution in [1.29, 1.82) is 0 Å². The number of aromatic hydroxyl groups is 1. The summed E-state index contributed by atoms with van der Waals surface area (Å²) in [6.45, 7) is 1.12. The van der Waals surface area contributed by atoms with Crippen molar-refractivity contribution in [2.75, 3.05) is 23.4 Å². The van der Waals surface area contributed by atoms with Gasteiger partial charge in [0.25, 0.3) is 5.91 Å². The second kappa shape index (κ2) is 8.05. The highest BCUT2D eigenvalue weighted by Gasteiger charge is 2.25. The number of ether oxygens (including phenoxy) is 1. The molecular weight excluding hydrogens is 469 g/mol. The molecule has 1 aliphatic heterocycles. The molecule has 0 aliphatic carbocycles. The molecule has 2 heterocycles. The van der Waals surface area contributed by atoms with Crippen molar-refractivity contribution in [2.45, 2.75) is 4.43 Å². The molecule has 0 radical (unpaired) electrons. The fourth-order valence-electron chi connectivity index (χ4n) is 3.06. The summed E-state index contributed by atoms with van der Waals surface area (Å²) >= 11 is 2.31. The number of nitrogens with zero attached hydrogens (tertiary/aromatic N) is 2. The molecule has 0 saturated carbocycles. The van der Waals surface area contributed by atoms with E-state index in [1.165, 1.54) is 17.7 Å². The summed E-state index contributed by atoms with van der Waals surface area (Å²) in [5.74, 6) is 1.26. The number of hydrogen-bond donors (Lipinski definition) is 2. The summed E-state index contributed by atoms with van der Waals surface area (Å²) in [5, 5.41) is 12.2. The molecule has 2 N–H and O–H groups in total. The maximum atomic E-state index is 12.8. The number of pyridine rings is 1. The maximum absolute atomic E-state index is 12.8. The molecule has 6 nitrogen and oxygen atoms in total. The third kappa shape index (κ3) is 3.75. The molecule has 0 saturated heterocycles. The normalized spacial score (nSPS) is 12.8. The topological polar surface area (TPSA) is 74.7 Å². The minimum absolute atomic E-state index is 0.148. The van der Waals surface area contributed by atoms with Crippen LogP contribution in [0.4, 0.5) is 17.2 Å². The Kier molecular flexibility index (Phi) is 5.34. The number of carbonyl (C=O) groups excluding carboxylic acids is 1. The van der Waals surface area contributed by atoms with Gasteiger partial charge in [0.15, 0.2) is 5.75 Å². The van der Waals surface area contributed by atoms with E-state index in [2.05, 4.69) is 43.9 Å². The number of amides is 1. The Bertz CT molecular complexity index is 991. The van der Waals surface area contributed by atoms with Gasteiger partial charge in [-0.2, -0.15) is 0 Å². The van der Waals surface area contributed by atoms with Crippen molar-refractivity contribution >= 4 is 45.7 Å². The van der Waals surface area contributed by atoms with Crippen LogP contribution in [-0.4, -0.2) is 29.1 Å². The number of benzene rings is 2. The van der Waals surface area contributed by atoms with Gasteiger partial charge in [0, 0.05) is 16.3 Å². The summed E-state index contributed by atoms with van der Waals surface area (Å²) in [7, 11) is 0. The van der Waals surface area contributed by atoms with Gasteiger partial charge in [-0.15, -0.1) is 0 Å². The maximum Gasteiger partial charge on any atom is 0.259 e. The lowest BCUT2D eigenvalue weighted by Gasteiger charge is -2.31. The minimum Gasteiger partial charge on any atom is -0.508 e. The van der Waals surface area contributed by atoms with Crippen LogP contribution in [0.1, 0.15) is 15.9 Å². The van der Waals surface area contributed by atoms with Gasteiger partial charge >= 0.3 is 0 Å². The lowest BCUT2D eigenvalue weighted by molar-refractivity contribution is 0.102. The minimum atomic E-state index is -0.266. The van der Waals surface area contributed by atoms with Gasteiger partial charge in [-0.3, -0.25) is 4.79 Å². The number of rotatable bonds is 4. The molecule has 0 fully saturated rings. The predicted octanol–water partition coefficient (Wildman–Crippen LogP) is 4.51. The first kappa shape index (κ1) is 18.5. The van der Waals surface area contributed by atoms with Crippen molar-refractivity contribution < 1.29 is 14.6 Å². The van der Waals surface area contributed by atoms with Crippen molar-refractivity contribution in [3.05, 3.63) is 71.9 Å². The third-order valence-electron chi connectivity index (χ3n) is 4.46. The molecule has 2 aromatic carbocycles. The monoisotopic (exact) mass is 487 g/mol. The first-order valence-corrected chi connectivity index (χ1v) is 10.3. The van der Waals surface area contributed by atoms with E-state index >= 15 is 0 Å². The van der Waals surface area contributed by atoms with Crippen molar-refractivity contribution in [1.82, 2.24) is 4.98 Å². The average molecular weight is 487 g/mol. The summed E-state index contributed by atoms with van der Waals surface area (Å²) in [6, 6.07) is 15.9. The highest BCUT2D eigenvalue weighted by atomic mass is 127. The molecule has 1 aromatic heterocycles. The summed E-state index contributed by atoms with van der Waals surface area (Å²) in [5.41, 5.74) is 3.04. The van der Waals surface area contributed by atoms with E-state index in [1.807, 2.05) is 24.4 Å². The number of carbonyl (C=O) groups is 1. The molecule has 1 amide bonds. The smallest absolute Gasteiger partial charge is 0.259 e. The van der Waals surface area contributed by atoms with Crippen LogP contribution in [0.25, 0.3) is 0 Å². The SMILES string of the molecule is O=C(Nc1ccc(O)cc1)c1cccc2c1OCCN2c1ccc(CI)cn1. The van der Waals surface area contributed by atoms with E-state index in [4.69, 9.17) is 4.74 Å². The standard InChI is InChI=1S/C21H18IN3O3/c22-12-14-4-9-19(23-13-14)25-10-11-28-20-17(2-1-3-18(20)25)21(27)24-15-5-7-16(26)8-6-15/h1-9,13,26H,10-12H2,(H,24,27). The number of phenolic OH excluding ortho intramolecular Hbond substituents is 1. The number of para-hydroxylation sites is 1. The average Bonchev–Trinajstić information content (AvgIpc) is 2.74. The van der Waals surface area contributed by atoms with Gasteiger partial charge < -0.3 is 20.1 Å². The fraction of sp³-hybridized carbons (Fsp3) is 0.143. The Morgan fingerprint density at radius 2 is 2.00 bits per heavy atom. The Morgan fingerprint density at radius 1 is 1.18 bits per heavy atom. The van der Waals surface area contributed by atoms with Gasteiger partial charge in [-0.05, 0) is 48.0 Å². The largest absolute Gasteiger partial charge is 0.508 e. The van der Waals surface area contributed by atoms with Crippen LogP contribution in [0.2, 0.25) is 0 Å². The molecular formula is C21H18IN3O3. The summed E-state index contributed by atoms with van der Waals surface area (Å²) in [6.07, 6.45) is 1.87. The molecule has 0 atom stereocenters. The van der Waals surface area contributed by atoms with Crippen LogP contribution in [0.15, 0.2) is 60.8 Å². The number of nitrogens with one attached hydrogen (secondary N) is 1. The zero-order valence-electron chi connectivity index (χ0n) is 14.9. The van der Waals surface area contributed by atoms with Gasteiger partial charge in [0.05, 0.1) is 17.8 Å². The van der Waals surface area contributed by atoms with Crippen LogP contribution in [0.5, 0.6) is 11.5 Å². The Morgan fingerprint density at radius 3 is 2.71 bits per heavy atom. The molecule has 3 aromatic rings. The van der Waals surface area contributed by atoms with Crippen LogP contribution in [0.3, 0.4) is 0 Å². The molecule has 1 aliphatic rings. The summed E-state index contributed by atoms with van der Waals surface area (Å²) in [4.78, 5) is 19.4. The molecule has 7 heteroatoms. The summed E-state index contributed by atoms with van der Waals surface area (Å²) < 4.78 is 6.77. The number of anilines is 3. The fourth-order valence-corrected chi connectivity index (χ4v) is 3.52.